The molecule has 1 aromatic carbocycles. The second-order valence-corrected chi connectivity index (χ2v) is 8.63. The monoisotopic (exact) mass is 461 g/mol. The van der Waals surface area contributed by atoms with Crippen LogP contribution in [0, 0.1) is 19.8 Å². The molecule has 7 nitrogen and oxygen atoms in total. The Hall–Kier alpha value is -3.81. The normalized spacial score (nSPS) is 16.5. The predicted molar refractivity (Wildman–Crippen MR) is 129 cm³/mol. The van der Waals surface area contributed by atoms with E-state index in [2.05, 4.69) is 20.7 Å². The second kappa shape index (κ2) is 9.99. The summed E-state index contributed by atoms with van der Waals surface area (Å²) in [4.78, 5) is 30.5. The molecule has 1 aliphatic carbocycles. The fraction of sp³-hybridized carbons (Fsp3) is 0.308. The first-order valence-corrected chi connectivity index (χ1v) is 11.3. The summed E-state index contributed by atoms with van der Waals surface area (Å²) < 4.78 is 15.0. The quantitative estimate of drug-likeness (QED) is 0.566. The van der Waals surface area contributed by atoms with Crippen LogP contribution in [-0.2, 0) is 11.8 Å². The highest BCUT2D eigenvalue weighted by Gasteiger charge is 2.32. The number of allylic oxidation sites excluding steroid dienone is 2. The number of aryl methyl sites for hydroxylation is 3. The van der Waals surface area contributed by atoms with Crippen LogP contribution in [0.4, 0.5) is 10.1 Å². The van der Waals surface area contributed by atoms with Gasteiger partial charge in [-0.3, -0.25) is 19.3 Å². The van der Waals surface area contributed by atoms with E-state index >= 15 is 0 Å². The molecule has 0 spiro atoms. The van der Waals surface area contributed by atoms with E-state index in [0.717, 1.165) is 22.4 Å². The van der Waals surface area contributed by atoms with Crippen molar-refractivity contribution in [1.82, 2.24) is 20.1 Å². The number of carbonyl (C=O) groups excluding carboxylic acids is 2. The molecule has 0 fully saturated rings. The molecule has 2 atom stereocenters. The average molecular weight is 462 g/mol. The van der Waals surface area contributed by atoms with Crippen molar-refractivity contribution in [2.45, 2.75) is 39.2 Å². The lowest BCUT2D eigenvalue weighted by Gasteiger charge is -2.28. The topological polar surface area (TPSA) is 88.9 Å². The smallest absolute Gasteiger partial charge is 0.270 e. The number of pyridine rings is 1. The van der Waals surface area contributed by atoms with Crippen LogP contribution in [0.25, 0.3) is 11.1 Å². The van der Waals surface area contributed by atoms with Crippen LogP contribution in [-0.4, -0.2) is 32.6 Å². The van der Waals surface area contributed by atoms with Crippen LogP contribution in [0.3, 0.4) is 0 Å². The largest absolute Gasteiger partial charge is 0.339 e. The molecule has 4 rings (SSSR count). The molecule has 0 saturated carbocycles. The van der Waals surface area contributed by atoms with Crippen molar-refractivity contribution in [1.29, 1.82) is 0 Å². The van der Waals surface area contributed by atoms with Crippen molar-refractivity contribution in [3.8, 4) is 11.1 Å². The number of anilines is 1. The van der Waals surface area contributed by atoms with Crippen molar-refractivity contribution in [2.75, 3.05) is 5.32 Å². The van der Waals surface area contributed by atoms with E-state index in [9.17, 15) is 14.0 Å². The molecule has 2 aromatic heterocycles. The lowest BCUT2D eigenvalue weighted by molar-refractivity contribution is -0.119. The molecule has 0 radical (unpaired) electrons. The molecule has 176 valence electrons. The van der Waals surface area contributed by atoms with Crippen molar-refractivity contribution in [2.24, 2.45) is 13.0 Å². The van der Waals surface area contributed by atoms with Gasteiger partial charge in [-0.2, -0.15) is 5.10 Å². The Morgan fingerprint density at radius 1 is 1.12 bits per heavy atom. The number of rotatable bonds is 6. The molecule has 2 N–H and O–H groups in total. The highest BCUT2D eigenvalue weighted by atomic mass is 19.1. The molecule has 34 heavy (non-hydrogen) atoms. The van der Waals surface area contributed by atoms with Gasteiger partial charge in [0.2, 0.25) is 5.91 Å². The van der Waals surface area contributed by atoms with Gasteiger partial charge in [-0.15, -0.1) is 0 Å². The van der Waals surface area contributed by atoms with E-state index < -0.39 is 11.9 Å². The third kappa shape index (κ3) is 5.06. The Morgan fingerprint density at radius 2 is 1.88 bits per heavy atom. The summed E-state index contributed by atoms with van der Waals surface area (Å²) in [6, 6.07) is 10.3. The third-order valence-electron chi connectivity index (χ3n) is 6.28. The van der Waals surface area contributed by atoms with Crippen LogP contribution in [0.5, 0.6) is 0 Å². The number of nitrogens with zero attached hydrogens (tertiary/aromatic N) is 3. The van der Waals surface area contributed by atoms with Gasteiger partial charge in [0.25, 0.3) is 5.91 Å². The minimum absolute atomic E-state index is 0.176. The lowest BCUT2D eigenvalue weighted by atomic mass is 9.86. The fourth-order valence-corrected chi connectivity index (χ4v) is 4.41. The molecule has 2 amide bonds. The summed E-state index contributed by atoms with van der Waals surface area (Å²) in [5.41, 5.74) is 5.10. The summed E-state index contributed by atoms with van der Waals surface area (Å²) in [7, 11) is 1.66. The van der Waals surface area contributed by atoms with Crippen molar-refractivity contribution < 1.29 is 14.0 Å². The molecule has 0 aliphatic heterocycles. The first-order valence-electron chi connectivity index (χ1n) is 11.3. The zero-order valence-corrected chi connectivity index (χ0v) is 19.5. The number of nitrogens with one attached hydrogen (secondary N) is 2. The number of carbonyl (C=O) groups is 2. The molecule has 8 heteroatoms. The zero-order chi connectivity index (χ0) is 24.2. The van der Waals surface area contributed by atoms with E-state index in [1.807, 2.05) is 44.2 Å². The van der Waals surface area contributed by atoms with E-state index in [4.69, 9.17) is 0 Å². The van der Waals surface area contributed by atoms with Crippen LogP contribution in [0.15, 0.2) is 60.7 Å². The molecule has 2 heterocycles. The maximum absolute atomic E-state index is 13.6. The number of halogens is 1. The molecular weight excluding hydrogens is 433 g/mol. The number of hydrogen-bond acceptors (Lipinski definition) is 4. The summed E-state index contributed by atoms with van der Waals surface area (Å²) >= 11 is 0. The minimum Gasteiger partial charge on any atom is -0.339 e. The van der Waals surface area contributed by atoms with Gasteiger partial charge in [-0.25, -0.2) is 4.39 Å². The van der Waals surface area contributed by atoms with Gasteiger partial charge in [0.05, 0.1) is 5.83 Å². The molecule has 0 unspecified atom stereocenters. The van der Waals surface area contributed by atoms with Gasteiger partial charge in [0.15, 0.2) is 0 Å². The van der Waals surface area contributed by atoms with Gasteiger partial charge in [0.1, 0.15) is 11.7 Å². The second-order valence-electron chi connectivity index (χ2n) is 8.63. The molecule has 1 aliphatic rings. The van der Waals surface area contributed by atoms with Crippen LogP contribution < -0.4 is 10.6 Å². The maximum atomic E-state index is 13.6. The Bertz CT molecular complexity index is 1210. The van der Waals surface area contributed by atoms with E-state index in [1.54, 1.807) is 19.3 Å². The highest BCUT2D eigenvalue weighted by molar-refractivity contribution is 6.00. The van der Waals surface area contributed by atoms with E-state index in [-0.39, 0.29) is 24.1 Å². The average Bonchev–Trinajstić information content (AvgIpc) is 3.25. The van der Waals surface area contributed by atoms with Crippen molar-refractivity contribution >= 4 is 17.5 Å². The molecule has 0 bridgehead atoms. The highest BCUT2D eigenvalue weighted by Crippen LogP contribution is 2.29. The predicted octanol–water partition coefficient (Wildman–Crippen LogP) is 4.49. The minimum atomic E-state index is -0.811. The van der Waals surface area contributed by atoms with Gasteiger partial charge >= 0.3 is 0 Å². The van der Waals surface area contributed by atoms with Crippen LogP contribution in [0.1, 0.15) is 41.0 Å². The van der Waals surface area contributed by atoms with Gasteiger partial charge < -0.3 is 10.6 Å². The first kappa shape index (κ1) is 23.4. The number of benzene rings is 1. The van der Waals surface area contributed by atoms with Gasteiger partial charge in [-0.1, -0.05) is 18.2 Å². The summed E-state index contributed by atoms with van der Waals surface area (Å²) in [6.07, 6.45) is 5.93. The number of hydrogen-bond donors (Lipinski definition) is 2. The van der Waals surface area contributed by atoms with Crippen molar-refractivity contribution in [3.63, 3.8) is 0 Å². The number of amides is 2. The molecule has 0 saturated heterocycles. The molecule has 3 aromatic rings. The van der Waals surface area contributed by atoms with Crippen molar-refractivity contribution in [3.05, 3.63) is 77.6 Å². The Labute approximate surface area is 198 Å². The zero-order valence-electron chi connectivity index (χ0n) is 19.5. The lowest BCUT2D eigenvalue weighted by Crippen LogP contribution is -2.49. The SMILES string of the molecule is Cc1ccnc(C)c1-c1ccc(NC(=O)[C@@H](NC(=O)c2ccnn2C)[C@@H]2CC=C(F)CC2)cc1. The van der Waals surface area contributed by atoms with E-state index in [0.29, 0.717) is 24.2 Å². The Balaban J connectivity index is 1.53. The Kier molecular flexibility index (Phi) is 6.86. The standard InChI is InChI=1S/C26H28FN5O2/c1-16-12-14-28-17(2)23(16)18-6-10-21(11-7-18)30-26(34)24(19-4-8-20(27)9-5-19)31-25(33)22-13-15-29-32(22)3/h6-8,10-15,19,24H,4-5,9H2,1-3H3,(H,30,34)(H,31,33)/t19-,24+/m1/s1. The first-order chi connectivity index (χ1) is 16.3. The fourth-order valence-electron chi connectivity index (χ4n) is 4.41. The number of aromatic nitrogens is 3. The van der Waals surface area contributed by atoms with Crippen LogP contribution >= 0.6 is 0 Å². The maximum Gasteiger partial charge on any atom is 0.270 e. The van der Waals surface area contributed by atoms with Gasteiger partial charge in [-0.05, 0) is 74.4 Å². The van der Waals surface area contributed by atoms with E-state index in [1.165, 1.54) is 17.0 Å². The Morgan fingerprint density at radius 3 is 2.50 bits per heavy atom. The van der Waals surface area contributed by atoms with Crippen LogP contribution in [0.2, 0.25) is 0 Å². The third-order valence-corrected chi connectivity index (χ3v) is 6.28. The summed E-state index contributed by atoms with van der Waals surface area (Å²) in [5, 5.41) is 9.78. The summed E-state index contributed by atoms with van der Waals surface area (Å²) in [5.74, 6) is -1.12. The summed E-state index contributed by atoms with van der Waals surface area (Å²) in [6.45, 7) is 4.01. The van der Waals surface area contributed by atoms with Gasteiger partial charge in [0, 0.05) is 36.4 Å². The molecular formula is C26H28FN5O2.